The lowest BCUT2D eigenvalue weighted by atomic mass is 9.97. The molecule has 1 fully saturated rings. The molecule has 4 rings (SSSR count). The maximum absolute atomic E-state index is 12.9. The van der Waals surface area contributed by atoms with Crippen molar-refractivity contribution >= 4 is 22.9 Å². The van der Waals surface area contributed by atoms with Gasteiger partial charge < -0.3 is 5.32 Å². The van der Waals surface area contributed by atoms with Crippen molar-refractivity contribution in [2.24, 2.45) is 5.92 Å². The molecule has 1 aromatic carbocycles. The summed E-state index contributed by atoms with van der Waals surface area (Å²) in [7, 11) is 0. The Bertz CT molecular complexity index is 1130. The fraction of sp³-hybridized carbons (Fsp3) is 0.440. The first-order chi connectivity index (χ1) is 16.3. The smallest absolute Gasteiger partial charge is 0.312 e. The highest BCUT2D eigenvalue weighted by molar-refractivity contribution is 7.10. The molecule has 1 saturated heterocycles. The summed E-state index contributed by atoms with van der Waals surface area (Å²) in [5.41, 5.74) is 2.51. The number of aromatic nitrogens is 2. The van der Waals surface area contributed by atoms with Crippen molar-refractivity contribution in [3.63, 3.8) is 0 Å². The van der Waals surface area contributed by atoms with E-state index in [-0.39, 0.29) is 17.6 Å². The van der Waals surface area contributed by atoms with Crippen LogP contribution in [-0.2, 0) is 6.54 Å². The Morgan fingerprint density at radius 3 is 2.53 bits per heavy atom. The maximum atomic E-state index is 12.9. The minimum atomic E-state index is -0.393. The number of hydrogen-bond donors (Lipinski definition) is 1. The third kappa shape index (κ3) is 5.37. The van der Waals surface area contributed by atoms with Crippen LogP contribution >= 0.6 is 11.3 Å². The summed E-state index contributed by atoms with van der Waals surface area (Å²) in [6.45, 7) is 8.74. The van der Waals surface area contributed by atoms with Crippen molar-refractivity contribution in [2.75, 3.05) is 19.6 Å². The van der Waals surface area contributed by atoms with Gasteiger partial charge in [0.15, 0.2) is 0 Å². The number of rotatable bonds is 8. The molecule has 0 radical (unpaired) electrons. The largest absolute Gasteiger partial charge is 0.350 e. The molecule has 0 spiro atoms. The van der Waals surface area contributed by atoms with E-state index in [1.54, 1.807) is 42.0 Å². The summed E-state index contributed by atoms with van der Waals surface area (Å²) < 4.78 is 1.63. The van der Waals surface area contributed by atoms with Crippen molar-refractivity contribution in [3.05, 3.63) is 79.3 Å². The number of thiophene rings is 1. The van der Waals surface area contributed by atoms with Crippen LogP contribution in [0.3, 0.4) is 0 Å². The topological polar surface area (TPSA) is 93.3 Å². The van der Waals surface area contributed by atoms with Crippen LogP contribution in [0.25, 0.3) is 0 Å². The lowest BCUT2D eigenvalue weighted by molar-refractivity contribution is -0.386. The van der Waals surface area contributed by atoms with Crippen molar-refractivity contribution in [3.8, 4) is 0 Å². The first kappa shape index (κ1) is 24.1. The van der Waals surface area contributed by atoms with Crippen LogP contribution in [-0.4, -0.2) is 45.1 Å². The molecule has 2 aromatic heterocycles. The average Bonchev–Trinajstić information content (AvgIpc) is 3.43. The normalized spacial score (nSPS) is 15.9. The third-order valence-corrected chi connectivity index (χ3v) is 7.63. The Morgan fingerprint density at radius 2 is 1.94 bits per heavy atom. The Kier molecular flexibility index (Phi) is 7.43. The monoisotopic (exact) mass is 481 g/mol. The van der Waals surface area contributed by atoms with Gasteiger partial charge in [-0.05, 0) is 74.8 Å². The van der Waals surface area contributed by atoms with E-state index in [2.05, 4.69) is 39.8 Å². The van der Waals surface area contributed by atoms with E-state index in [9.17, 15) is 14.9 Å². The minimum absolute atomic E-state index is 0.0551. The zero-order chi connectivity index (χ0) is 24.2. The highest BCUT2D eigenvalue weighted by atomic mass is 32.1. The minimum Gasteiger partial charge on any atom is -0.350 e. The molecule has 1 aliphatic heterocycles. The van der Waals surface area contributed by atoms with E-state index in [1.807, 2.05) is 12.1 Å². The molecule has 34 heavy (non-hydrogen) atoms. The highest BCUT2D eigenvalue weighted by Gasteiger charge is 2.26. The molecular formula is C25H31N5O3S. The molecule has 1 atom stereocenters. The van der Waals surface area contributed by atoms with Crippen LogP contribution in [0.4, 0.5) is 5.69 Å². The highest BCUT2D eigenvalue weighted by Crippen LogP contribution is 2.29. The van der Waals surface area contributed by atoms with Gasteiger partial charge in [-0.2, -0.15) is 5.10 Å². The fourth-order valence-corrected chi connectivity index (χ4v) is 5.42. The lowest BCUT2D eigenvalue weighted by Crippen LogP contribution is -2.41. The van der Waals surface area contributed by atoms with Gasteiger partial charge in [0.2, 0.25) is 0 Å². The quantitative estimate of drug-likeness (QED) is 0.371. The molecule has 0 saturated carbocycles. The average molecular weight is 482 g/mol. The van der Waals surface area contributed by atoms with Gasteiger partial charge in [0.1, 0.15) is 11.4 Å². The summed E-state index contributed by atoms with van der Waals surface area (Å²) in [6.07, 6.45) is 2.38. The summed E-state index contributed by atoms with van der Waals surface area (Å²) in [5.74, 6) is 0.661. The maximum Gasteiger partial charge on any atom is 0.312 e. The van der Waals surface area contributed by atoms with E-state index >= 15 is 0 Å². The van der Waals surface area contributed by atoms with Gasteiger partial charge >= 0.3 is 5.69 Å². The molecule has 180 valence electrons. The van der Waals surface area contributed by atoms with Crippen LogP contribution in [0.1, 0.15) is 58.0 Å². The van der Waals surface area contributed by atoms with Crippen molar-refractivity contribution in [2.45, 2.75) is 46.2 Å². The molecule has 9 heteroatoms. The number of hydrogen-bond acceptors (Lipinski definition) is 6. The molecule has 3 heterocycles. The molecule has 1 amide bonds. The number of piperidine rings is 1. The number of benzene rings is 1. The molecule has 0 aliphatic carbocycles. The Balaban J connectivity index is 1.39. The predicted molar refractivity (Wildman–Crippen MR) is 133 cm³/mol. The third-order valence-electron chi connectivity index (χ3n) is 6.66. The number of amides is 1. The summed E-state index contributed by atoms with van der Waals surface area (Å²) >= 11 is 1.74. The predicted octanol–water partition coefficient (Wildman–Crippen LogP) is 4.72. The molecule has 8 nitrogen and oxygen atoms in total. The lowest BCUT2D eigenvalue weighted by Gasteiger charge is -2.36. The number of carbonyl (C=O) groups is 1. The second-order valence-corrected chi connectivity index (χ2v) is 10.1. The van der Waals surface area contributed by atoms with Crippen LogP contribution in [0.5, 0.6) is 0 Å². The van der Waals surface area contributed by atoms with E-state index in [4.69, 9.17) is 0 Å². The van der Waals surface area contributed by atoms with Crippen LogP contribution in [0.2, 0.25) is 0 Å². The van der Waals surface area contributed by atoms with Gasteiger partial charge in [-0.15, -0.1) is 11.3 Å². The summed E-state index contributed by atoms with van der Waals surface area (Å²) in [4.78, 5) is 27.5. The molecule has 0 bridgehead atoms. The van der Waals surface area contributed by atoms with E-state index in [1.165, 1.54) is 17.7 Å². The van der Waals surface area contributed by atoms with Gasteiger partial charge in [-0.3, -0.25) is 24.5 Å². The van der Waals surface area contributed by atoms with Crippen LogP contribution in [0.15, 0.2) is 41.8 Å². The van der Waals surface area contributed by atoms with Gasteiger partial charge in [-0.25, -0.2) is 0 Å². The molecular weight excluding hydrogens is 450 g/mol. The number of aryl methyl sites for hydroxylation is 1. The second-order valence-electron chi connectivity index (χ2n) is 9.09. The first-order valence-corrected chi connectivity index (χ1v) is 12.5. The van der Waals surface area contributed by atoms with Gasteiger partial charge in [0.05, 0.1) is 17.5 Å². The number of nitrogens with zero attached hydrogens (tertiary/aromatic N) is 4. The van der Waals surface area contributed by atoms with Crippen molar-refractivity contribution < 1.29 is 9.72 Å². The molecule has 3 aromatic rings. The Hall–Kier alpha value is -3.04. The molecule has 1 N–H and O–H groups in total. The van der Waals surface area contributed by atoms with Crippen LogP contribution in [0, 0.1) is 29.9 Å². The van der Waals surface area contributed by atoms with E-state index < -0.39 is 4.92 Å². The fourth-order valence-electron chi connectivity index (χ4n) is 4.56. The molecule has 1 aliphatic rings. The second kappa shape index (κ2) is 10.5. The zero-order valence-electron chi connectivity index (χ0n) is 19.9. The standard InChI is InChI=1S/C25H31N5O3S/c1-17-10-12-28(13-11-17)22(23-5-4-14-34-23)15-26-25(31)21-8-6-20(7-9-21)16-29-19(3)24(30(32)33)18(2)27-29/h4-9,14,17,22H,10-13,15-16H2,1-3H3,(H,26,31). The Labute approximate surface area is 203 Å². The van der Waals surface area contributed by atoms with E-state index in [0.717, 1.165) is 24.6 Å². The number of carbonyl (C=O) groups excluding carboxylic acids is 1. The summed E-state index contributed by atoms with van der Waals surface area (Å²) in [5, 5.41) is 20.8. The SMILES string of the molecule is Cc1nn(Cc2ccc(C(=O)NCC(c3cccs3)N3CCC(C)CC3)cc2)c(C)c1[N+](=O)[O-]. The first-order valence-electron chi connectivity index (χ1n) is 11.7. The number of likely N-dealkylation sites (tertiary alicyclic amines) is 1. The Morgan fingerprint density at radius 1 is 1.24 bits per heavy atom. The van der Waals surface area contributed by atoms with Crippen molar-refractivity contribution in [1.82, 2.24) is 20.0 Å². The van der Waals surface area contributed by atoms with Crippen molar-refractivity contribution in [1.29, 1.82) is 0 Å². The van der Waals surface area contributed by atoms with E-state index in [0.29, 0.717) is 30.0 Å². The molecule has 1 unspecified atom stereocenters. The number of nitro groups is 1. The van der Waals surface area contributed by atoms with Crippen LogP contribution < -0.4 is 5.32 Å². The summed E-state index contributed by atoms with van der Waals surface area (Å²) in [6, 6.07) is 11.8. The van der Waals surface area contributed by atoms with Gasteiger partial charge in [0.25, 0.3) is 5.91 Å². The zero-order valence-corrected chi connectivity index (χ0v) is 20.7. The number of nitrogens with one attached hydrogen (secondary N) is 1. The van der Waals surface area contributed by atoms with Gasteiger partial charge in [-0.1, -0.05) is 25.1 Å². The van der Waals surface area contributed by atoms with Gasteiger partial charge in [0, 0.05) is 17.0 Å².